The Hall–Kier alpha value is -2.50. The van der Waals surface area contributed by atoms with Crippen LogP contribution >= 0.6 is 23.5 Å². The number of aromatic nitrogens is 4. The van der Waals surface area contributed by atoms with Crippen LogP contribution < -0.4 is 9.46 Å². The Morgan fingerprint density at radius 3 is 2.42 bits per heavy atom. The number of benzene rings is 1. The molecule has 3 heterocycles. The predicted octanol–water partition coefficient (Wildman–Crippen LogP) is 5.60. The van der Waals surface area contributed by atoms with Crippen LogP contribution in [0.4, 0.5) is 19.1 Å². The fourth-order valence-electron chi connectivity index (χ4n) is 3.59. The van der Waals surface area contributed by atoms with E-state index in [1.165, 1.54) is 0 Å². The molecule has 1 aliphatic rings. The van der Waals surface area contributed by atoms with Crippen molar-refractivity contribution in [3.05, 3.63) is 52.9 Å². The average Bonchev–Trinajstić information content (AvgIpc) is 3.17. The second-order valence-corrected chi connectivity index (χ2v) is 9.06. The van der Waals surface area contributed by atoms with Crippen LogP contribution in [-0.2, 0) is 13.2 Å². The van der Waals surface area contributed by atoms with Gasteiger partial charge in [0.15, 0.2) is 10.7 Å². The van der Waals surface area contributed by atoms with Crippen LogP contribution in [0.1, 0.15) is 29.9 Å². The van der Waals surface area contributed by atoms with Crippen molar-refractivity contribution in [2.45, 2.75) is 29.8 Å². The zero-order valence-electron chi connectivity index (χ0n) is 17.9. The summed E-state index contributed by atoms with van der Waals surface area (Å²) in [6.07, 6.45) is 0.620. The van der Waals surface area contributed by atoms with Crippen molar-refractivity contribution >= 4 is 29.5 Å². The van der Waals surface area contributed by atoms with E-state index in [9.17, 15) is 13.2 Å². The van der Waals surface area contributed by atoms with E-state index in [1.54, 1.807) is 36.3 Å². The van der Waals surface area contributed by atoms with Gasteiger partial charge in [0.05, 0.1) is 11.1 Å². The monoisotopic (exact) mass is 498 g/mol. The number of hydrogen-bond donors (Lipinski definition) is 1. The van der Waals surface area contributed by atoms with Gasteiger partial charge in [0, 0.05) is 13.2 Å². The van der Waals surface area contributed by atoms with Gasteiger partial charge in [-0.3, -0.25) is 9.40 Å². The lowest BCUT2D eigenvalue weighted by molar-refractivity contribution is -0.139. The molecule has 1 saturated heterocycles. The molecule has 4 rings (SSSR count). The lowest BCUT2D eigenvalue weighted by atomic mass is 9.90. The van der Waals surface area contributed by atoms with E-state index in [0.717, 1.165) is 48.3 Å². The molecular formula is C21H22ClF3N6OS. The first-order valence-electron chi connectivity index (χ1n) is 10.2. The van der Waals surface area contributed by atoms with Gasteiger partial charge in [0.2, 0.25) is 11.8 Å². The molecule has 3 aromatic rings. The fraction of sp³-hybridized carbons (Fsp3) is 0.381. The van der Waals surface area contributed by atoms with E-state index < -0.39 is 22.8 Å². The first-order chi connectivity index (χ1) is 15.7. The Labute approximate surface area is 198 Å². The van der Waals surface area contributed by atoms with E-state index in [1.807, 2.05) is 12.1 Å². The maximum Gasteiger partial charge on any atom is 0.424 e. The molecule has 0 unspecified atom stereocenters. The van der Waals surface area contributed by atoms with Crippen molar-refractivity contribution in [2.75, 3.05) is 24.9 Å². The van der Waals surface area contributed by atoms with Crippen LogP contribution in [0.15, 0.2) is 41.6 Å². The molecule has 0 bridgehead atoms. The van der Waals surface area contributed by atoms with Crippen molar-refractivity contribution in [3.8, 4) is 11.6 Å². The van der Waals surface area contributed by atoms with Gasteiger partial charge < -0.3 is 9.64 Å². The van der Waals surface area contributed by atoms with Crippen LogP contribution in [0, 0.1) is 0 Å². The lowest BCUT2D eigenvalue weighted by Gasteiger charge is -2.29. The SMILES string of the molecule is CN1CCC(c2ccc(Oc3nc(NSc4cnn(C)c4)nc(Cl)c3C(F)(F)F)cc2)CC1. The molecule has 0 spiro atoms. The number of rotatable bonds is 6. The van der Waals surface area contributed by atoms with E-state index >= 15 is 0 Å². The van der Waals surface area contributed by atoms with Gasteiger partial charge in [0.25, 0.3) is 0 Å². The number of nitrogens with one attached hydrogen (secondary N) is 1. The number of piperidine rings is 1. The molecular weight excluding hydrogens is 477 g/mol. The zero-order chi connectivity index (χ0) is 23.6. The minimum absolute atomic E-state index is 0.111. The first-order valence-corrected chi connectivity index (χ1v) is 11.4. The van der Waals surface area contributed by atoms with Crippen molar-refractivity contribution in [2.24, 2.45) is 7.05 Å². The smallest absolute Gasteiger partial charge is 0.424 e. The molecule has 1 fully saturated rings. The number of aryl methyl sites for hydroxylation is 1. The van der Waals surface area contributed by atoms with E-state index in [2.05, 4.69) is 31.7 Å². The standard InChI is InChI=1S/C21H22ClF3N6OS/c1-30-9-7-14(8-10-30)13-3-5-15(6-4-13)32-19-17(21(23,24)25)18(22)27-20(28-19)29-33-16-11-26-31(2)12-16/h3-6,11-12,14H,7-10H2,1-2H3,(H,27,28,29). The average molecular weight is 499 g/mol. The molecule has 0 amide bonds. The molecule has 7 nitrogen and oxygen atoms in total. The Balaban J connectivity index is 1.55. The quantitative estimate of drug-likeness (QED) is 0.350. The van der Waals surface area contributed by atoms with E-state index in [0.29, 0.717) is 5.92 Å². The number of halogens is 4. The molecule has 2 aromatic heterocycles. The largest absolute Gasteiger partial charge is 0.438 e. The number of likely N-dealkylation sites (tertiary alicyclic amines) is 1. The minimum Gasteiger partial charge on any atom is -0.438 e. The van der Waals surface area contributed by atoms with Gasteiger partial charge in [0.1, 0.15) is 5.75 Å². The lowest BCUT2D eigenvalue weighted by Crippen LogP contribution is -2.29. The Morgan fingerprint density at radius 1 is 1.12 bits per heavy atom. The highest BCUT2D eigenvalue weighted by Gasteiger charge is 2.40. The van der Waals surface area contributed by atoms with Crippen molar-refractivity contribution < 1.29 is 17.9 Å². The Morgan fingerprint density at radius 2 is 1.82 bits per heavy atom. The third-order valence-electron chi connectivity index (χ3n) is 5.34. The number of nitrogens with zero attached hydrogens (tertiary/aromatic N) is 5. The van der Waals surface area contributed by atoms with E-state index in [-0.39, 0.29) is 11.7 Å². The molecule has 33 heavy (non-hydrogen) atoms. The molecule has 0 atom stereocenters. The van der Waals surface area contributed by atoms with Crippen LogP contribution in [0.3, 0.4) is 0 Å². The zero-order valence-corrected chi connectivity index (χ0v) is 19.5. The molecule has 1 aromatic carbocycles. The second-order valence-electron chi connectivity index (χ2n) is 7.82. The maximum absolute atomic E-state index is 13.7. The minimum atomic E-state index is -4.78. The topological polar surface area (TPSA) is 68.1 Å². The van der Waals surface area contributed by atoms with Gasteiger partial charge in [-0.1, -0.05) is 23.7 Å². The van der Waals surface area contributed by atoms with E-state index in [4.69, 9.17) is 16.3 Å². The van der Waals surface area contributed by atoms with Crippen molar-refractivity contribution in [1.29, 1.82) is 0 Å². The third kappa shape index (κ3) is 5.90. The number of anilines is 1. The first kappa shape index (κ1) is 23.7. The maximum atomic E-state index is 13.7. The second kappa shape index (κ2) is 9.78. The van der Waals surface area contributed by atoms with Gasteiger partial charge in [-0.05, 0) is 68.5 Å². The van der Waals surface area contributed by atoms with Crippen LogP contribution in [-0.4, -0.2) is 44.8 Å². The van der Waals surface area contributed by atoms with Crippen LogP contribution in [0.25, 0.3) is 0 Å². The molecule has 0 radical (unpaired) electrons. The molecule has 0 saturated carbocycles. The van der Waals surface area contributed by atoms with Gasteiger partial charge in [-0.25, -0.2) is 0 Å². The summed E-state index contributed by atoms with van der Waals surface area (Å²) < 4.78 is 50.9. The molecule has 176 valence electrons. The summed E-state index contributed by atoms with van der Waals surface area (Å²) in [5.74, 6) is -0.115. The Kier molecular flexibility index (Phi) is 7.01. The number of alkyl halides is 3. The summed E-state index contributed by atoms with van der Waals surface area (Å²) >= 11 is 6.98. The Bertz CT molecular complexity index is 1100. The van der Waals surface area contributed by atoms with Gasteiger partial charge >= 0.3 is 6.18 Å². The molecule has 1 aliphatic heterocycles. The fourth-order valence-corrected chi connectivity index (χ4v) is 4.46. The highest BCUT2D eigenvalue weighted by Crippen LogP contribution is 2.42. The summed E-state index contributed by atoms with van der Waals surface area (Å²) in [4.78, 5) is 10.7. The van der Waals surface area contributed by atoms with Crippen LogP contribution in [0.2, 0.25) is 5.15 Å². The molecule has 1 N–H and O–H groups in total. The van der Waals surface area contributed by atoms with Crippen LogP contribution in [0.5, 0.6) is 11.6 Å². The highest BCUT2D eigenvalue weighted by molar-refractivity contribution is 8.00. The summed E-state index contributed by atoms with van der Waals surface area (Å²) in [5, 5.41) is 3.28. The van der Waals surface area contributed by atoms with Crippen molar-refractivity contribution in [1.82, 2.24) is 24.6 Å². The highest BCUT2D eigenvalue weighted by atomic mass is 35.5. The number of hydrogen-bond acceptors (Lipinski definition) is 7. The summed E-state index contributed by atoms with van der Waals surface area (Å²) in [5.41, 5.74) is -0.0806. The van der Waals surface area contributed by atoms with Gasteiger partial charge in [-0.15, -0.1) is 0 Å². The van der Waals surface area contributed by atoms with Gasteiger partial charge in [-0.2, -0.15) is 28.2 Å². The third-order valence-corrected chi connectivity index (χ3v) is 6.35. The number of ether oxygens (including phenoxy) is 1. The molecule has 0 aliphatic carbocycles. The summed E-state index contributed by atoms with van der Waals surface area (Å²) in [6.45, 7) is 2.04. The summed E-state index contributed by atoms with van der Waals surface area (Å²) in [7, 11) is 3.84. The summed E-state index contributed by atoms with van der Waals surface area (Å²) in [6, 6.07) is 7.08. The van der Waals surface area contributed by atoms with Crippen molar-refractivity contribution in [3.63, 3.8) is 0 Å². The molecule has 12 heteroatoms. The predicted molar refractivity (Wildman–Crippen MR) is 121 cm³/mol. The normalized spacial score (nSPS) is 15.6.